The van der Waals surface area contributed by atoms with Crippen LogP contribution in [0.15, 0.2) is 46.5 Å². The zero-order chi connectivity index (χ0) is 19.2. The molecule has 0 spiro atoms. The Balaban J connectivity index is 1.93. The number of hydrogen-bond donors (Lipinski definition) is 3. The number of nitrogens with zero attached hydrogens (tertiary/aromatic N) is 2. The summed E-state index contributed by atoms with van der Waals surface area (Å²) in [6, 6.07) is 6.84. The molecule has 0 radical (unpaired) electrons. The lowest BCUT2D eigenvalue weighted by atomic mass is 10.1. The van der Waals surface area contributed by atoms with Gasteiger partial charge in [-0.2, -0.15) is 0 Å². The quantitative estimate of drug-likeness (QED) is 0.351. The van der Waals surface area contributed by atoms with Crippen LogP contribution in [0.2, 0.25) is 0 Å². The molecule has 1 aromatic heterocycles. The number of aromatic nitrogens is 1. The zero-order valence-corrected chi connectivity index (χ0v) is 16.0. The largest absolute Gasteiger partial charge is 0.370 e. The number of fused-ring (bicyclic) bond motifs is 1. The van der Waals surface area contributed by atoms with E-state index in [1.54, 1.807) is 30.6 Å². The molecule has 0 saturated carbocycles. The van der Waals surface area contributed by atoms with Crippen molar-refractivity contribution >= 4 is 26.8 Å². The molecule has 2 rings (SSSR count). The van der Waals surface area contributed by atoms with Crippen molar-refractivity contribution in [3.8, 4) is 0 Å². The predicted octanol–water partition coefficient (Wildman–Crippen LogP) is 2.12. The first-order valence-corrected chi connectivity index (χ1v) is 10.2. The molecule has 2 atom stereocenters. The second kappa shape index (κ2) is 8.95. The van der Waals surface area contributed by atoms with E-state index in [1.807, 2.05) is 19.9 Å². The Morgan fingerprint density at radius 3 is 2.65 bits per heavy atom. The van der Waals surface area contributed by atoms with Crippen LogP contribution in [0, 0.1) is 0 Å². The van der Waals surface area contributed by atoms with Gasteiger partial charge in [-0.05, 0) is 38.8 Å². The minimum atomic E-state index is -3.59. The summed E-state index contributed by atoms with van der Waals surface area (Å²) in [5.41, 5.74) is 10.7. The highest BCUT2D eigenvalue weighted by atomic mass is 32.2. The third-order valence-electron chi connectivity index (χ3n) is 4.17. The minimum Gasteiger partial charge on any atom is -0.370 e. The molecular formula is C18H27N5O2S. The van der Waals surface area contributed by atoms with Gasteiger partial charge in [-0.25, -0.2) is 13.1 Å². The Kier molecular flexibility index (Phi) is 6.93. The number of pyridine rings is 1. The molecule has 0 aliphatic carbocycles. The van der Waals surface area contributed by atoms with Gasteiger partial charge in [-0.15, -0.1) is 0 Å². The highest BCUT2D eigenvalue weighted by Gasteiger charge is 2.19. The summed E-state index contributed by atoms with van der Waals surface area (Å²) in [5.74, 6) is 0.101. The normalized spacial score (nSPS) is 14.1. The first kappa shape index (κ1) is 20.1. The van der Waals surface area contributed by atoms with E-state index in [9.17, 15) is 8.42 Å². The topological polar surface area (TPSA) is 123 Å². The second-order valence-electron chi connectivity index (χ2n) is 6.56. The van der Waals surface area contributed by atoms with Gasteiger partial charge in [0.25, 0.3) is 0 Å². The van der Waals surface area contributed by atoms with E-state index in [2.05, 4.69) is 14.7 Å². The minimum absolute atomic E-state index is 0.0799. The Labute approximate surface area is 155 Å². The second-order valence-corrected chi connectivity index (χ2v) is 8.25. The van der Waals surface area contributed by atoms with Gasteiger partial charge >= 0.3 is 0 Å². The summed E-state index contributed by atoms with van der Waals surface area (Å²) in [7, 11) is -3.59. The van der Waals surface area contributed by atoms with Crippen LogP contribution in [0.5, 0.6) is 0 Å². The smallest absolute Gasteiger partial charge is 0.241 e. The molecule has 2 aromatic rings. The SMILES string of the molecule is CC(CCCCC(C)NS(=O)(=O)c1cccc2cnccc12)N=C(N)N. The van der Waals surface area contributed by atoms with Crippen molar-refractivity contribution in [2.24, 2.45) is 16.5 Å². The van der Waals surface area contributed by atoms with Gasteiger partial charge < -0.3 is 11.5 Å². The van der Waals surface area contributed by atoms with Gasteiger partial charge in [0.2, 0.25) is 10.0 Å². The van der Waals surface area contributed by atoms with E-state index >= 15 is 0 Å². The van der Waals surface area contributed by atoms with Crippen molar-refractivity contribution in [2.75, 3.05) is 0 Å². The highest BCUT2D eigenvalue weighted by molar-refractivity contribution is 7.89. The fraction of sp³-hybridized carbons (Fsp3) is 0.444. The fourth-order valence-electron chi connectivity index (χ4n) is 2.92. The number of hydrogen-bond acceptors (Lipinski definition) is 4. The number of aliphatic imine (C=N–C) groups is 1. The van der Waals surface area contributed by atoms with Gasteiger partial charge in [0, 0.05) is 29.2 Å². The van der Waals surface area contributed by atoms with Crippen LogP contribution in [-0.2, 0) is 10.0 Å². The summed E-state index contributed by atoms with van der Waals surface area (Å²) in [6.07, 6.45) is 6.71. The summed E-state index contributed by atoms with van der Waals surface area (Å²) in [4.78, 5) is 8.40. The van der Waals surface area contributed by atoms with Crippen molar-refractivity contribution in [3.05, 3.63) is 36.7 Å². The molecular weight excluding hydrogens is 350 g/mol. The molecule has 0 bridgehead atoms. The predicted molar refractivity (Wildman–Crippen MR) is 105 cm³/mol. The number of nitrogens with one attached hydrogen (secondary N) is 1. The highest BCUT2D eigenvalue weighted by Crippen LogP contribution is 2.22. The van der Waals surface area contributed by atoms with Gasteiger partial charge in [0.1, 0.15) is 0 Å². The molecule has 0 aliphatic heterocycles. The van der Waals surface area contributed by atoms with Crippen molar-refractivity contribution in [1.82, 2.24) is 9.71 Å². The molecule has 1 heterocycles. The van der Waals surface area contributed by atoms with Crippen molar-refractivity contribution in [1.29, 1.82) is 0 Å². The van der Waals surface area contributed by atoms with Crippen LogP contribution in [0.25, 0.3) is 10.8 Å². The molecule has 1 aromatic carbocycles. The lowest BCUT2D eigenvalue weighted by Crippen LogP contribution is -2.32. The van der Waals surface area contributed by atoms with E-state index in [0.29, 0.717) is 5.39 Å². The third kappa shape index (κ3) is 5.67. The maximum atomic E-state index is 12.7. The number of guanidine groups is 1. The number of sulfonamides is 1. The van der Waals surface area contributed by atoms with E-state index in [4.69, 9.17) is 11.5 Å². The standard InChI is InChI=1S/C18H27N5O2S/c1-13(22-18(19)20)6-3-4-7-14(2)23-26(24,25)17-9-5-8-15-12-21-11-10-16(15)17/h5,8-14,23H,3-4,6-7H2,1-2H3,(H4,19,20,22). The van der Waals surface area contributed by atoms with E-state index < -0.39 is 10.0 Å². The fourth-order valence-corrected chi connectivity index (χ4v) is 4.43. The lowest BCUT2D eigenvalue weighted by Gasteiger charge is -2.15. The monoisotopic (exact) mass is 377 g/mol. The van der Waals surface area contributed by atoms with Crippen LogP contribution in [-0.4, -0.2) is 31.4 Å². The summed E-state index contributed by atoms with van der Waals surface area (Å²) < 4.78 is 28.3. The molecule has 7 nitrogen and oxygen atoms in total. The molecule has 0 fully saturated rings. The van der Waals surface area contributed by atoms with Crippen LogP contribution in [0.1, 0.15) is 39.5 Å². The Hall–Kier alpha value is -2.19. The van der Waals surface area contributed by atoms with Gasteiger partial charge in [-0.3, -0.25) is 9.98 Å². The average molecular weight is 378 g/mol. The van der Waals surface area contributed by atoms with Crippen molar-refractivity contribution < 1.29 is 8.42 Å². The lowest BCUT2D eigenvalue weighted by molar-refractivity contribution is 0.511. The zero-order valence-electron chi connectivity index (χ0n) is 15.2. The van der Waals surface area contributed by atoms with Gasteiger partial charge in [0.15, 0.2) is 5.96 Å². The first-order chi connectivity index (χ1) is 12.3. The third-order valence-corrected chi connectivity index (χ3v) is 5.81. The average Bonchev–Trinajstić information content (AvgIpc) is 2.57. The number of benzene rings is 1. The van der Waals surface area contributed by atoms with Gasteiger partial charge in [0.05, 0.1) is 10.9 Å². The summed E-state index contributed by atoms with van der Waals surface area (Å²) in [6.45, 7) is 3.84. The first-order valence-electron chi connectivity index (χ1n) is 8.73. The van der Waals surface area contributed by atoms with Crippen molar-refractivity contribution in [2.45, 2.75) is 56.5 Å². The Morgan fingerprint density at radius 2 is 1.92 bits per heavy atom. The molecule has 8 heteroatoms. The molecule has 5 N–H and O–H groups in total. The maximum absolute atomic E-state index is 12.7. The molecule has 0 saturated heterocycles. The van der Waals surface area contributed by atoms with E-state index in [1.165, 1.54) is 0 Å². The van der Waals surface area contributed by atoms with Crippen LogP contribution >= 0.6 is 0 Å². The van der Waals surface area contributed by atoms with Crippen LogP contribution in [0.3, 0.4) is 0 Å². The van der Waals surface area contributed by atoms with E-state index in [0.717, 1.165) is 31.1 Å². The Bertz CT molecular complexity index is 858. The number of rotatable bonds is 9. The van der Waals surface area contributed by atoms with Gasteiger partial charge in [-0.1, -0.05) is 25.0 Å². The van der Waals surface area contributed by atoms with E-state index in [-0.39, 0.29) is 22.9 Å². The molecule has 26 heavy (non-hydrogen) atoms. The molecule has 2 unspecified atom stereocenters. The molecule has 142 valence electrons. The summed E-state index contributed by atoms with van der Waals surface area (Å²) in [5, 5.41) is 1.48. The summed E-state index contributed by atoms with van der Waals surface area (Å²) >= 11 is 0. The number of unbranched alkanes of at least 4 members (excludes halogenated alkanes) is 1. The Morgan fingerprint density at radius 1 is 1.19 bits per heavy atom. The molecule has 0 amide bonds. The van der Waals surface area contributed by atoms with Crippen molar-refractivity contribution in [3.63, 3.8) is 0 Å². The number of nitrogens with two attached hydrogens (primary N) is 2. The molecule has 0 aliphatic rings. The van der Waals surface area contributed by atoms with Crippen LogP contribution in [0.4, 0.5) is 0 Å². The van der Waals surface area contributed by atoms with Crippen LogP contribution < -0.4 is 16.2 Å². The maximum Gasteiger partial charge on any atom is 0.241 e.